The number of benzene rings is 1. The Hall–Kier alpha value is -1.56. The van der Waals surface area contributed by atoms with Gasteiger partial charge in [-0.1, -0.05) is 0 Å². The molecule has 1 aromatic rings. The lowest BCUT2D eigenvalue weighted by Crippen LogP contribution is -2.44. The Morgan fingerprint density at radius 2 is 2.00 bits per heavy atom. The second-order valence-electron chi connectivity index (χ2n) is 4.30. The smallest absolute Gasteiger partial charge is 0.272 e. The van der Waals surface area contributed by atoms with Crippen LogP contribution in [0.3, 0.4) is 0 Å². The van der Waals surface area contributed by atoms with Crippen LogP contribution in [-0.2, 0) is 0 Å². The van der Waals surface area contributed by atoms with Gasteiger partial charge in [0.15, 0.2) is 18.2 Å². The highest BCUT2D eigenvalue weighted by molar-refractivity contribution is 5.66. The van der Waals surface area contributed by atoms with E-state index in [-0.39, 0.29) is 12.4 Å². The molecular weight excluding hydrogens is 242 g/mol. The molecule has 0 aromatic heterocycles. The predicted molar refractivity (Wildman–Crippen MR) is 62.5 cm³/mol. The third-order valence-corrected chi connectivity index (χ3v) is 3.11. The zero-order valence-electron chi connectivity index (χ0n) is 9.79. The number of halogens is 2. The number of nitrogens with zero attached hydrogens (tertiary/aromatic N) is 1. The summed E-state index contributed by atoms with van der Waals surface area (Å²) in [6.07, 6.45) is -1.61. The number of hydrogen-bond acceptors (Lipinski definition) is 4. The molecule has 98 valence electrons. The Morgan fingerprint density at radius 3 is 2.78 bits per heavy atom. The van der Waals surface area contributed by atoms with Gasteiger partial charge in [-0.2, -0.15) is 4.39 Å². The number of alkyl halides is 1. The highest BCUT2D eigenvalue weighted by Crippen LogP contribution is 2.42. The average Bonchev–Trinajstić information content (AvgIpc) is 2.41. The van der Waals surface area contributed by atoms with Crippen molar-refractivity contribution >= 4 is 5.69 Å². The molecule has 1 aromatic carbocycles. The first-order valence-corrected chi connectivity index (χ1v) is 5.97. The fourth-order valence-corrected chi connectivity index (χ4v) is 2.24. The van der Waals surface area contributed by atoms with Gasteiger partial charge in [0.05, 0.1) is 5.69 Å². The Labute approximate surface area is 103 Å². The van der Waals surface area contributed by atoms with E-state index in [0.717, 1.165) is 31.9 Å². The molecule has 6 heteroatoms. The van der Waals surface area contributed by atoms with Crippen LogP contribution in [0.1, 0.15) is 0 Å². The standard InChI is InChI=1S/C12H14F2N2O2/c13-8-1-2-9(16-5-3-15-4-6-16)12-11(8)18-10(14)7-17-12/h1-2,10,15H,3-7H2. The Kier molecular flexibility index (Phi) is 2.95. The number of hydrogen-bond donors (Lipinski definition) is 1. The minimum atomic E-state index is -1.61. The minimum absolute atomic E-state index is 0.121. The highest BCUT2D eigenvalue weighted by atomic mass is 19.1. The van der Waals surface area contributed by atoms with Gasteiger partial charge in [-0.3, -0.25) is 0 Å². The third-order valence-electron chi connectivity index (χ3n) is 3.11. The van der Waals surface area contributed by atoms with E-state index in [2.05, 4.69) is 10.2 Å². The van der Waals surface area contributed by atoms with Crippen molar-refractivity contribution in [1.82, 2.24) is 5.32 Å². The summed E-state index contributed by atoms with van der Waals surface area (Å²) in [5, 5.41) is 3.24. The number of piperazine rings is 1. The largest absolute Gasteiger partial charge is 0.481 e. The van der Waals surface area contributed by atoms with Gasteiger partial charge in [0.1, 0.15) is 0 Å². The van der Waals surface area contributed by atoms with E-state index in [4.69, 9.17) is 9.47 Å². The van der Waals surface area contributed by atoms with Crippen LogP contribution >= 0.6 is 0 Å². The summed E-state index contributed by atoms with van der Waals surface area (Å²) < 4.78 is 36.9. The van der Waals surface area contributed by atoms with Crippen LogP contribution in [0.25, 0.3) is 0 Å². The number of fused-ring (bicyclic) bond motifs is 1. The van der Waals surface area contributed by atoms with Gasteiger partial charge in [-0.15, -0.1) is 0 Å². The highest BCUT2D eigenvalue weighted by Gasteiger charge is 2.28. The summed E-state index contributed by atoms with van der Waals surface area (Å²) >= 11 is 0. The lowest BCUT2D eigenvalue weighted by atomic mass is 10.2. The number of ether oxygens (including phenoxy) is 2. The van der Waals surface area contributed by atoms with E-state index < -0.39 is 12.2 Å². The zero-order chi connectivity index (χ0) is 12.5. The molecule has 2 aliphatic rings. The first kappa shape index (κ1) is 11.5. The number of anilines is 1. The van der Waals surface area contributed by atoms with Crippen molar-refractivity contribution in [1.29, 1.82) is 0 Å². The molecule has 0 radical (unpaired) electrons. The molecule has 1 N–H and O–H groups in total. The van der Waals surface area contributed by atoms with E-state index in [1.165, 1.54) is 6.07 Å². The van der Waals surface area contributed by atoms with Gasteiger partial charge in [0.2, 0.25) is 5.75 Å². The minimum Gasteiger partial charge on any atom is -0.481 e. The van der Waals surface area contributed by atoms with Gasteiger partial charge in [-0.05, 0) is 12.1 Å². The van der Waals surface area contributed by atoms with E-state index in [1.807, 2.05) is 0 Å². The van der Waals surface area contributed by atoms with Crippen LogP contribution in [0.15, 0.2) is 12.1 Å². The van der Waals surface area contributed by atoms with E-state index >= 15 is 0 Å². The van der Waals surface area contributed by atoms with Gasteiger partial charge in [-0.25, -0.2) is 4.39 Å². The van der Waals surface area contributed by atoms with Crippen molar-refractivity contribution in [3.05, 3.63) is 17.9 Å². The van der Waals surface area contributed by atoms with Gasteiger partial charge < -0.3 is 19.7 Å². The maximum Gasteiger partial charge on any atom is 0.272 e. The summed E-state index contributed by atoms with van der Waals surface area (Å²) in [6, 6.07) is 2.94. The van der Waals surface area contributed by atoms with Crippen molar-refractivity contribution in [2.45, 2.75) is 6.36 Å². The Balaban J connectivity index is 1.97. The molecule has 4 nitrogen and oxygen atoms in total. The molecule has 1 atom stereocenters. The molecule has 2 heterocycles. The molecule has 3 rings (SSSR count). The quantitative estimate of drug-likeness (QED) is 0.821. The maximum absolute atomic E-state index is 13.6. The first-order valence-electron chi connectivity index (χ1n) is 5.97. The molecule has 1 fully saturated rings. The molecule has 0 bridgehead atoms. The summed E-state index contributed by atoms with van der Waals surface area (Å²) in [4.78, 5) is 2.08. The molecule has 18 heavy (non-hydrogen) atoms. The topological polar surface area (TPSA) is 33.7 Å². The second-order valence-corrected chi connectivity index (χ2v) is 4.30. The van der Waals surface area contributed by atoms with Crippen molar-refractivity contribution in [3.8, 4) is 11.5 Å². The van der Waals surface area contributed by atoms with Gasteiger partial charge in [0.25, 0.3) is 6.36 Å². The van der Waals surface area contributed by atoms with Crippen LogP contribution in [0.5, 0.6) is 11.5 Å². The SMILES string of the molecule is Fc1ccc(N2CCNCC2)c2c1OC(F)CO2. The van der Waals surface area contributed by atoms with Crippen LogP contribution in [0.4, 0.5) is 14.5 Å². The van der Waals surface area contributed by atoms with Gasteiger partial charge in [0, 0.05) is 26.2 Å². The fraction of sp³-hybridized carbons (Fsp3) is 0.500. The molecule has 1 saturated heterocycles. The summed E-state index contributed by atoms with van der Waals surface area (Å²) in [6.45, 7) is 3.13. The van der Waals surface area contributed by atoms with E-state index in [9.17, 15) is 8.78 Å². The fourth-order valence-electron chi connectivity index (χ4n) is 2.24. The normalized spacial score (nSPS) is 23.0. The second kappa shape index (κ2) is 4.61. The van der Waals surface area contributed by atoms with E-state index in [1.54, 1.807) is 6.07 Å². The summed E-state index contributed by atoms with van der Waals surface area (Å²) in [5.74, 6) is -0.401. The molecule has 0 saturated carbocycles. The van der Waals surface area contributed by atoms with Crippen molar-refractivity contribution in [3.63, 3.8) is 0 Å². The molecule has 0 spiro atoms. The average molecular weight is 256 g/mol. The molecular formula is C12H14F2N2O2. The molecule has 2 aliphatic heterocycles. The summed E-state index contributed by atoms with van der Waals surface area (Å²) in [5.41, 5.74) is 0.764. The molecule has 0 aliphatic carbocycles. The Morgan fingerprint density at radius 1 is 1.22 bits per heavy atom. The number of rotatable bonds is 1. The number of nitrogens with one attached hydrogen (secondary N) is 1. The molecule has 0 amide bonds. The lowest BCUT2D eigenvalue weighted by molar-refractivity contribution is -0.00609. The van der Waals surface area contributed by atoms with Crippen LogP contribution < -0.4 is 19.7 Å². The monoisotopic (exact) mass is 256 g/mol. The Bertz CT molecular complexity index is 450. The van der Waals surface area contributed by atoms with Crippen LogP contribution in [0, 0.1) is 5.82 Å². The first-order chi connectivity index (χ1) is 8.75. The van der Waals surface area contributed by atoms with E-state index in [0.29, 0.717) is 5.75 Å². The van der Waals surface area contributed by atoms with Crippen LogP contribution in [0.2, 0.25) is 0 Å². The maximum atomic E-state index is 13.6. The summed E-state index contributed by atoms with van der Waals surface area (Å²) in [7, 11) is 0. The third kappa shape index (κ3) is 1.96. The van der Waals surface area contributed by atoms with Crippen molar-refractivity contribution in [2.24, 2.45) is 0 Å². The van der Waals surface area contributed by atoms with Gasteiger partial charge >= 0.3 is 0 Å². The lowest BCUT2D eigenvalue weighted by Gasteiger charge is -2.33. The zero-order valence-corrected chi connectivity index (χ0v) is 9.79. The molecule has 1 unspecified atom stereocenters. The predicted octanol–water partition coefficient (Wildman–Crippen LogP) is 1.30. The van der Waals surface area contributed by atoms with Crippen LogP contribution in [-0.4, -0.2) is 39.1 Å². The van der Waals surface area contributed by atoms with Crippen molar-refractivity contribution in [2.75, 3.05) is 37.7 Å². The van der Waals surface area contributed by atoms with Crippen molar-refractivity contribution < 1.29 is 18.3 Å².